The molecule has 8 aliphatic heterocycles. The minimum atomic E-state index is -2.58. The van der Waals surface area contributed by atoms with E-state index < -0.39 is 141 Å². The second-order valence-corrected chi connectivity index (χ2v) is 29.9. The predicted octanol–water partition coefficient (Wildman–Crippen LogP) is 1.56. The van der Waals surface area contributed by atoms with Crippen LogP contribution in [0.4, 0.5) is 5.69 Å². The number of nitrogens with two attached hydrogens (primary N) is 2. The molecule has 16 N–H and O–H groups in total. The highest BCUT2D eigenvalue weighted by molar-refractivity contribution is 6.29. The van der Waals surface area contributed by atoms with Crippen molar-refractivity contribution in [1.82, 2.24) is 26.6 Å². The number of aldehydes is 1. The van der Waals surface area contributed by atoms with Gasteiger partial charge in [0.05, 0.1) is 74.3 Å². The number of para-hydroxylation sites is 1. The molecule has 1 amide bonds. The summed E-state index contributed by atoms with van der Waals surface area (Å²) < 4.78 is 36.1. The minimum Gasteiger partial charge on any atom is -0.486 e. The summed E-state index contributed by atoms with van der Waals surface area (Å²) in [5.41, 5.74) is 17.3. The molecule has 24 heteroatoms. The summed E-state index contributed by atoms with van der Waals surface area (Å²) in [6.07, 6.45) is -4.69. The fraction of sp³-hybridized carbons (Fsp3) is 0.526. The number of ether oxygens (including phenoxy) is 5. The Morgan fingerprint density at radius 1 is 0.880 bits per heavy atom. The van der Waals surface area contributed by atoms with Gasteiger partial charge in [0, 0.05) is 76.9 Å². The molecule has 4 aromatic rings. The van der Waals surface area contributed by atoms with Crippen LogP contribution in [0.15, 0.2) is 101 Å². The highest BCUT2D eigenvalue weighted by Crippen LogP contribution is 2.66. The number of fused-ring (bicyclic) bond motifs is 17. The molecule has 100 heavy (non-hydrogen) atoms. The monoisotopic (exact) mass is 1370 g/mol. The van der Waals surface area contributed by atoms with E-state index in [9.17, 15) is 45.3 Å². The second-order valence-electron chi connectivity index (χ2n) is 29.9. The molecule has 5 aliphatic carbocycles. The largest absolute Gasteiger partial charge is 0.486 e. The fourth-order valence-corrected chi connectivity index (χ4v) is 20.0. The number of benzene rings is 4. The number of rotatable bonds is 10. The first-order valence-corrected chi connectivity index (χ1v) is 35.7. The lowest BCUT2D eigenvalue weighted by Gasteiger charge is -2.55. The number of ketones is 2. The number of nitrogens with one attached hydrogen (secondary N) is 5. The minimum absolute atomic E-state index is 0.0314. The quantitative estimate of drug-likeness (QED) is 0.0536. The van der Waals surface area contributed by atoms with Gasteiger partial charge in [0.2, 0.25) is 12.2 Å². The van der Waals surface area contributed by atoms with E-state index in [1.54, 1.807) is 12.1 Å². The Kier molecular flexibility index (Phi) is 16.8. The summed E-state index contributed by atoms with van der Waals surface area (Å²) in [5.74, 6) is 1.32. The molecular formula is C76H86N8O16. The number of amides is 1. The Hall–Kier alpha value is -7.42. The maximum atomic E-state index is 15.8. The topological polar surface area (TPSA) is 371 Å². The highest BCUT2D eigenvalue weighted by Gasteiger charge is 2.64. The Morgan fingerprint density at radius 3 is 2.58 bits per heavy atom. The maximum absolute atomic E-state index is 15.8. The molecule has 21 unspecified atom stereocenters. The first-order valence-electron chi connectivity index (χ1n) is 35.7. The van der Waals surface area contributed by atoms with Crippen molar-refractivity contribution in [3.63, 3.8) is 0 Å². The lowest BCUT2D eigenvalue weighted by molar-refractivity contribution is -0.311. The van der Waals surface area contributed by atoms with Crippen LogP contribution in [-0.2, 0) is 36.8 Å². The van der Waals surface area contributed by atoms with Crippen LogP contribution in [0, 0.1) is 40.9 Å². The summed E-state index contributed by atoms with van der Waals surface area (Å²) in [5, 5.41) is 106. The SMILES string of the molecule is NC1=C2C(=CCN1)C13COC4C5Oc6c(cc7c(c6OCC(O)CC=O)C(=O)c6cc(CO)ccc6C7=O)C(c6ccccc6N6CNC7C(=O)NC(N)NC76)C6CCC(O)C(C#CC(O)(C(COC6)O5)C4O)Cc4ccc(c(c4)C(CCO)C1O)C1CCC4CC5CCCC5NC2C4=C13. The maximum Gasteiger partial charge on any atom is 0.242 e. The average molecular weight is 1370 g/mol. The molecule has 1 saturated carbocycles. The molecule has 4 saturated heterocycles. The third-order valence-corrected chi connectivity index (χ3v) is 24.6. The summed E-state index contributed by atoms with van der Waals surface area (Å²) in [6.45, 7) is -1.90. The summed E-state index contributed by atoms with van der Waals surface area (Å²) in [4.78, 5) is 59.4. The predicted molar refractivity (Wildman–Crippen MR) is 360 cm³/mol. The van der Waals surface area contributed by atoms with Gasteiger partial charge in [0.25, 0.3) is 0 Å². The molecule has 17 rings (SSSR count). The molecule has 5 fully saturated rings. The summed E-state index contributed by atoms with van der Waals surface area (Å²) >= 11 is 0. The molecule has 8 heterocycles. The Morgan fingerprint density at radius 2 is 1.74 bits per heavy atom. The third kappa shape index (κ3) is 10.3. The number of hydrogen-bond acceptors (Lipinski definition) is 23. The molecule has 9 bridgehead atoms. The normalized spacial score (nSPS) is 37.0. The van der Waals surface area contributed by atoms with E-state index in [0.717, 1.165) is 71.1 Å². The number of anilines is 1. The standard InChI is InChI=1S/C76H86N8O16/c77-70-59-51(17-21-79-70)75-33-98-67-69(93)76(95)20-16-38(24-35-8-12-42(47(25-35)45(19-23-86)68(75)92)43-14-10-39-27-37-4-3-6-52(37)81-61(59)57(39)60(43)75)54(89)15-11-40-30-96-32-55(76)99-73(67)100-65-50(56(40)46-5-1-2-7-53(46)84-34-80-62-71(84)82-74(78)83-72(62)94)28-49-58(66(65)97-31-41(88)18-22-85)64(91)48-26-36(29-87)9-13-44(48)63(49)90/h1-2,5,7-9,12-13,17,22,25-26,28,37-41,43,45,52,54-56,61-62,67-69,71,73-74,79-82,86-89,92-93,95H,3-4,6,10-11,14-15,18-19,21,23-24,27,29-34,77-78H2,(H,83,94). The Bertz CT molecular complexity index is 4210. The van der Waals surface area contributed by atoms with Crippen molar-refractivity contribution in [2.45, 2.75) is 174 Å². The number of aliphatic hydroxyl groups excluding tert-OH is 6. The van der Waals surface area contributed by atoms with Crippen LogP contribution < -0.4 is 52.4 Å². The van der Waals surface area contributed by atoms with E-state index in [2.05, 4.69) is 62.7 Å². The van der Waals surface area contributed by atoms with Crippen molar-refractivity contribution >= 4 is 29.4 Å². The first-order chi connectivity index (χ1) is 48.5. The number of hydrogen-bond donors (Lipinski definition) is 14. The Labute approximate surface area is 577 Å². The van der Waals surface area contributed by atoms with E-state index in [1.807, 2.05) is 29.2 Å². The van der Waals surface area contributed by atoms with E-state index in [0.29, 0.717) is 41.3 Å². The zero-order valence-electron chi connectivity index (χ0n) is 55.3. The zero-order chi connectivity index (χ0) is 68.8. The fourth-order valence-electron chi connectivity index (χ4n) is 20.0. The van der Waals surface area contributed by atoms with Crippen molar-refractivity contribution in [2.24, 2.45) is 40.6 Å². The van der Waals surface area contributed by atoms with E-state index in [1.165, 1.54) is 12.1 Å². The molecule has 526 valence electrons. The van der Waals surface area contributed by atoms with Crippen LogP contribution >= 0.6 is 0 Å². The third-order valence-electron chi connectivity index (χ3n) is 24.6. The van der Waals surface area contributed by atoms with Gasteiger partial charge in [-0.15, -0.1) is 0 Å². The molecule has 24 nitrogen and oxygen atoms in total. The van der Waals surface area contributed by atoms with Gasteiger partial charge in [-0.25, -0.2) is 0 Å². The van der Waals surface area contributed by atoms with Gasteiger partial charge >= 0.3 is 0 Å². The van der Waals surface area contributed by atoms with E-state index in [4.69, 9.17) is 35.2 Å². The van der Waals surface area contributed by atoms with Crippen LogP contribution in [0.5, 0.6) is 11.5 Å². The van der Waals surface area contributed by atoms with Gasteiger partial charge < -0.3 is 90.8 Å². The highest BCUT2D eigenvalue weighted by atomic mass is 16.7. The van der Waals surface area contributed by atoms with Crippen LogP contribution in [0.2, 0.25) is 0 Å². The van der Waals surface area contributed by atoms with Crippen LogP contribution in [0.1, 0.15) is 147 Å². The van der Waals surface area contributed by atoms with Gasteiger partial charge in [-0.1, -0.05) is 66.8 Å². The molecule has 0 aromatic heterocycles. The van der Waals surface area contributed by atoms with Crippen LogP contribution in [0.25, 0.3) is 0 Å². The van der Waals surface area contributed by atoms with Crippen molar-refractivity contribution in [3.05, 3.63) is 157 Å². The number of carbonyl (C=O) groups excluding carboxylic acids is 4. The molecule has 4 aromatic carbocycles. The van der Waals surface area contributed by atoms with E-state index in [-0.39, 0.29) is 121 Å². The smallest absolute Gasteiger partial charge is 0.242 e. The van der Waals surface area contributed by atoms with Crippen LogP contribution in [0.3, 0.4) is 0 Å². The Balaban J connectivity index is 0.937. The van der Waals surface area contributed by atoms with Gasteiger partial charge in [-0.3, -0.25) is 30.8 Å². The van der Waals surface area contributed by atoms with Gasteiger partial charge in [0.1, 0.15) is 55.5 Å². The first kappa shape index (κ1) is 65.9. The van der Waals surface area contributed by atoms with Crippen LogP contribution in [-0.4, -0.2) is 185 Å². The van der Waals surface area contributed by atoms with Crippen molar-refractivity contribution in [2.75, 3.05) is 51.1 Å². The van der Waals surface area contributed by atoms with Gasteiger partial charge in [-0.2, -0.15) is 0 Å². The summed E-state index contributed by atoms with van der Waals surface area (Å²) in [6, 6.07) is 19.0. The van der Waals surface area contributed by atoms with E-state index >= 15 is 9.59 Å². The molecular weight excluding hydrogens is 1280 g/mol. The molecule has 0 radical (unpaired) electrons. The summed E-state index contributed by atoms with van der Waals surface area (Å²) in [7, 11) is 0. The molecule has 1 spiro atoms. The van der Waals surface area contributed by atoms with Crippen molar-refractivity contribution in [1.29, 1.82) is 0 Å². The lowest BCUT2D eigenvalue weighted by Crippen LogP contribution is -2.70. The zero-order valence-corrected chi connectivity index (χ0v) is 55.3. The number of nitrogens with zero attached hydrogens (tertiary/aromatic N) is 1. The molecule has 21 atom stereocenters. The molecule has 13 aliphatic rings. The van der Waals surface area contributed by atoms with Gasteiger partial charge in [-0.05, 0) is 144 Å². The van der Waals surface area contributed by atoms with Gasteiger partial charge in [0.15, 0.2) is 28.7 Å². The number of carbonyl (C=O) groups is 4. The number of aliphatic hydroxyl groups is 7. The number of dihydropyridines is 1. The van der Waals surface area contributed by atoms with Crippen molar-refractivity contribution in [3.8, 4) is 23.3 Å². The lowest BCUT2D eigenvalue weighted by atomic mass is 9.52. The van der Waals surface area contributed by atoms with Crippen molar-refractivity contribution < 1.29 is 78.6 Å². The second kappa shape index (κ2) is 25.5. The average Bonchev–Trinajstić information content (AvgIpc) is 1.37.